The van der Waals surface area contributed by atoms with Gasteiger partial charge in [-0.25, -0.2) is 0 Å². The molecule has 0 aromatic heterocycles. The van der Waals surface area contributed by atoms with E-state index in [2.05, 4.69) is 20.8 Å². The summed E-state index contributed by atoms with van der Waals surface area (Å²) in [6.45, 7) is 4.55. The Morgan fingerprint density at radius 3 is 2.60 bits per heavy atom. The quantitative estimate of drug-likeness (QED) is 0.772. The molecule has 0 aliphatic carbocycles. The Morgan fingerprint density at radius 2 is 1.90 bits per heavy atom. The van der Waals surface area contributed by atoms with Crippen molar-refractivity contribution in [1.29, 1.82) is 0 Å². The number of nitrogens with zero attached hydrogens (tertiary/aromatic N) is 2. The monoisotopic (exact) mass is 358 g/mol. The van der Waals surface area contributed by atoms with Crippen LogP contribution in [0.25, 0.3) is 0 Å². The maximum Gasteiger partial charge on any atom is 0.227 e. The zero-order chi connectivity index (χ0) is 14.4. The van der Waals surface area contributed by atoms with Gasteiger partial charge in [0.15, 0.2) is 0 Å². The third kappa shape index (κ3) is 4.76. The molecule has 0 atom stereocenters. The predicted molar refractivity (Wildman–Crippen MR) is 86.2 cm³/mol. The lowest BCUT2D eigenvalue weighted by molar-refractivity contribution is -0.130. The fourth-order valence-electron chi connectivity index (χ4n) is 2.45. The van der Waals surface area contributed by atoms with Crippen molar-refractivity contribution in [2.75, 3.05) is 38.6 Å². The summed E-state index contributed by atoms with van der Waals surface area (Å²) in [5.74, 6) is 0.882. The van der Waals surface area contributed by atoms with E-state index in [0.717, 1.165) is 49.2 Å². The van der Waals surface area contributed by atoms with E-state index in [9.17, 15) is 4.79 Å². The van der Waals surface area contributed by atoms with Crippen molar-refractivity contribution in [3.05, 3.63) is 34.3 Å². The maximum atomic E-state index is 12.3. The molecular formula is C15H20BrClN2O. The Hall–Kier alpha value is -0.580. The van der Waals surface area contributed by atoms with Crippen LogP contribution >= 0.6 is 27.5 Å². The van der Waals surface area contributed by atoms with Gasteiger partial charge in [0.05, 0.1) is 6.42 Å². The zero-order valence-electron chi connectivity index (χ0n) is 11.5. The average molecular weight is 360 g/mol. The number of hydrogen-bond donors (Lipinski definition) is 0. The topological polar surface area (TPSA) is 23.6 Å². The molecule has 1 aromatic carbocycles. The van der Waals surface area contributed by atoms with E-state index in [4.69, 9.17) is 11.6 Å². The number of amides is 1. The van der Waals surface area contributed by atoms with Crippen molar-refractivity contribution in [3.8, 4) is 0 Å². The number of carbonyl (C=O) groups is 1. The van der Waals surface area contributed by atoms with Crippen molar-refractivity contribution in [2.45, 2.75) is 12.8 Å². The van der Waals surface area contributed by atoms with Gasteiger partial charge in [0.1, 0.15) is 0 Å². The third-order valence-corrected chi connectivity index (χ3v) is 4.31. The van der Waals surface area contributed by atoms with Crippen LogP contribution in [0.2, 0.25) is 0 Å². The fourth-order valence-corrected chi connectivity index (χ4v) is 2.96. The lowest BCUT2D eigenvalue weighted by Crippen LogP contribution is -2.36. The lowest BCUT2D eigenvalue weighted by atomic mass is 10.1. The van der Waals surface area contributed by atoms with Gasteiger partial charge in [-0.2, -0.15) is 0 Å². The molecule has 1 fully saturated rings. The highest BCUT2D eigenvalue weighted by Gasteiger charge is 2.18. The number of benzene rings is 1. The molecule has 110 valence electrons. The summed E-state index contributed by atoms with van der Waals surface area (Å²) in [6.07, 6.45) is 1.52. The van der Waals surface area contributed by atoms with Gasteiger partial charge in [0.25, 0.3) is 0 Å². The fraction of sp³-hybridized carbons (Fsp3) is 0.533. The number of alkyl halides is 1. The molecule has 2 rings (SSSR count). The molecule has 0 bridgehead atoms. The minimum absolute atomic E-state index is 0.222. The molecule has 3 nitrogen and oxygen atoms in total. The van der Waals surface area contributed by atoms with Crippen molar-refractivity contribution in [3.63, 3.8) is 0 Å². The van der Waals surface area contributed by atoms with Crippen LogP contribution in [0.15, 0.2) is 28.7 Å². The first-order chi connectivity index (χ1) is 9.69. The van der Waals surface area contributed by atoms with Gasteiger partial charge >= 0.3 is 0 Å². The van der Waals surface area contributed by atoms with Crippen LogP contribution < -0.4 is 0 Å². The smallest absolute Gasteiger partial charge is 0.227 e. The van der Waals surface area contributed by atoms with Crippen LogP contribution in [-0.2, 0) is 11.2 Å². The molecule has 0 radical (unpaired) electrons. The summed E-state index contributed by atoms with van der Waals surface area (Å²) >= 11 is 9.19. The van der Waals surface area contributed by atoms with Crippen molar-refractivity contribution in [1.82, 2.24) is 9.80 Å². The zero-order valence-corrected chi connectivity index (χ0v) is 13.9. The molecule has 1 aliphatic heterocycles. The highest BCUT2D eigenvalue weighted by molar-refractivity contribution is 9.10. The molecular weight excluding hydrogens is 340 g/mol. The molecule has 1 saturated heterocycles. The lowest BCUT2D eigenvalue weighted by Gasteiger charge is -2.21. The summed E-state index contributed by atoms with van der Waals surface area (Å²) < 4.78 is 1.04. The van der Waals surface area contributed by atoms with E-state index in [1.807, 2.05) is 29.2 Å². The van der Waals surface area contributed by atoms with Gasteiger partial charge in [0.2, 0.25) is 5.91 Å². The maximum absolute atomic E-state index is 12.3. The largest absolute Gasteiger partial charge is 0.341 e. The molecule has 20 heavy (non-hydrogen) atoms. The van der Waals surface area contributed by atoms with Gasteiger partial charge in [0, 0.05) is 36.5 Å². The van der Waals surface area contributed by atoms with E-state index in [1.54, 1.807) is 0 Å². The minimum atomic E-state index is 0.222. The Kier molecular flexibility index (Phi) is 6.33. The van der Waals surface area contributed by atoms with Crippen LogP contribution in [0.3, 0.4) is 0 Å². The van der Waals surface area contributed by atoms with Gasteiger partial charge in [-0.05, 0) is 30.7 Å². The van der Waals surface area contributed by atoms with Crippen LogP contribution in [0.5, 0.6) is 0 Å². The van der Waals surface area contributed by atoms with Crippen LogP contribution in [0.4, 0.5) is 0 Å². The summed E-state index contributed by atoms with van der Waals surface area (Å²) in [7, 11) is 0. The Morgan fingerprint density at radius 1 is 1.15 bits per heavy atom. The van der Waals surface area contributed by atoms with Crippen molar-refractivity contribution < 1.29 is 4.79 Å². The summed E-state index contributed by atoms with van der Waals surface area (Å²) in [6, 6.07) is 7.96. The first-order valence-corrected chi connectivity index (χ1v) is 8.32. The summed E-state index contributed by atoms with van der Waals surface area (Å²) in [5.41, 5.74) is 1.07. The van der Waals surface area contributed by atoms with E-state index in [-0.39, 0.29) is 5.91 Å². The summed E-state index contributed by atoms with van der Waals surface area (Å²) in [5, 5.41) is 0. The highest BCUT2D eigenvalue weighted by Crippen LogP contribution is 2.12. The van der Waals surface area contributed by atoms with Gasteiger partial charge in [-0.3, -0.25) is 4.79 Å². The van der Waals surface area contributed by atoms with Crippen LogP contribution in [0.1, 0.15) is 12.0 Å². The number of hydrogen-bond acceptors (Lipinski definition) is 2. The van der Waals surface area contributed by atoms with Crippen LogP contribution in [-0.4, -0.2) is 54.3 Å². The van der Waals surface area contributed by atoms with Crippen molar-refractivity contribution >= 4 is 33.4 Å². The van der Waals surface area contributed by atoms with E-state index >= 15 is 0 Å². The second-order valence-electron chi connectivity index (χ2n) is 5.07. The second-order valence-corrected chi connectivity index (χ2v) is 6.36. The Bertz CT molecular complexity index is 438. The van der Waals surface area contributed by atoms with E-state index in [1.165, 1.54) is 0 Å². The number of halogens is 2. The van der Waals surface area contributed by atoms with E-state index < -0.39 is 0 Å². The summed E-state index contributed by atoms with van der Waals surface area (Å²) in [4.78, 5) is 16.7. The van der Waals surface area contributed by atoms with Crippen molar-refractivity contribution in [2.24, 2.45) is 0 Å². The first kappa shape index (κ1) is 15.8. The molecule has 5 heteroatoms. The molecule has 0 spiro atoms. The molecule has 0 saturated carbocycles. The average Bonchev–Trinajstić information content (AvgIpc) is 2.67. The number of rotatable bonds is 4. The predicted octanol–water partition coefficient (Wildman–Crippen LogP) is 2.76. The normalized spacial score (nSPS) is 17.0. The molecule has 1 heterocycles. The SMILES string of the molecule is O=C(Cc1ccc(Br)cc1)N1CCCN(CCCl)CC1. The minimum Gasteiger partial charge on any atom is -0.341 e. The van der Waals surface area contributed by atoms with Crippen LogP contribution in [0, 0.1) is 0 Å². The molecule has 0 unspecified atom stereocenters. The van der Waals surface area contributed by atoms with Gasteiger partial charge in [-0.15, -0.1) is 11.6 Å². The molecule has 1 amide bonds. The number of carbonyl (C=O) groups excluding carboxylic acids is 1. The van der Waals surface area contributed by atoms with Gasteiger partial charge < -0.3 is 9.80 Å². The molecule has 0 N–H and O–H groups in total. The standard InChI is InChI=1S/C15H20BrClN2O/c16-14-4-2-13(3-5-14)12-15(20)19-8-1-7-18(9-6-17)10-11-19/h2-5H,1,6-12H2. The Labute approximate surface area is 134 Å². The molecule has 1 aliphatic rings. The highest BCUT2D eigenvalue weighted by atomic mass is 79.9. The third-order valence-electron chi connectivity index (χ3n) is 3.61. The second kappa shape index (κ2) is 8.01. The first-order valence-electron chi connectivity index (χ1n) is 6.99. The Balaban J connectivity index is 1.87. The molecule has 1 aromatic rings. The van der Waals surface area contributed by atoms with E-state index in [0.29, 0.717) is 12.3 Å². The van der Waals surface area contributed by atoms with Gasteiger partial charge in [-0.1, -0.05) is 28.1 Å².